The van der Waals surface area contributed by atoms with Crippen molar-refractivity contribution in [1.29, 1.82) is 0 Å². The summed E-state index contributed by atoms with van der Waals surface area (Å²) in [7, 11) is -3.32. The average Bonchev–Trinajstić information content (AvgIpc) is 3.46. The molecule has 0 bridgehead atoms. The highest BCUT2D eigenvalue weighted by atomic mass is 32.2. The monoisotopic (exact) mass is 414 g/mol. The Bertz CT molecular complexity index is 1200. The van der Waals surface area contributed by atoms with Gasteiger partial charge in [0.05, 0.1) is 29.9 Å². The molecule has 0 spiro atoms. The molecular formula is C19H22N6O3S. The van der Waals surface area contributed by atoms with E-state index in [-0.39, 0.29) is 5.95 Å². The molecule has 5 rings (SSSR count). The third-order valence-corrected chi connectivity index (χ3v) is 7.74. The molecule has 29 heavy (non-hydrogen) atoms. The lowest BCUT2D eigenvalue weighted by molar-refractivity contribution is 0.122. The Hall–Kier alpha value is -2.72. The number of sulfone groups is 1. The molecular weight excluding hydrogens is 392 g/mol. The highest BCUT2D eigenvalue weighted by Crippen LogP contribution is 2.52. The van der Waals surface area contributed by atoms with Crippen LogP contribution in [0.4, 0.5) is 11.8 Å². The summed E-state index contributed by atoms with van der Waals surface area (Å²) in [4.78, 5) is 15.9. The number of nitrogens with two attached hydrogens (primary N) is 1. The number of nitrogen functional groups attached to an aromatic ring is 1. The van der Waals surface area contributed by atoms with Crippen LogP contribution in [0.2, 0.25) is 0 Å². The first-order valence-electron chi connectivity index (χ1n) is 9.54. The third-order valence-electron chi connectivity index (χ3n) is 5.70. The molecule has 2 aromatic heterocycles. The maximum absolute atomic E-state index is 12.5. The zero-order valence-corrected chi connectivity index (χ0v) is 16.9. The van der Waals surface area contributed by atoms with Gasteiger partial charge in [0, 0.05) is 25.4 Å². The van der Waals surface area contributed by atoms with E-state index in [1.54, 1.807) is 10.6 Å². The molecule has 1 aliphatic carbocycles. The topological polar surface area (TPSA) is 116 Å². The molecule has 3 heterocycles. The molecule has 1 saturated carbocycles. The first kappa shape index (κ1) is 18.3. The maximum Gasteiger partial charge on any atom is 0.239 e. The van der Waals surface area contributed by atoms with Crippen molar-refractivity contribution < 1.29 is 13.2 Å². The molecule has 9 nitrogen and oxygen atoms in total. The molecule has 1 aromatic carbocycles. The van der Waals surface area contributed by atoms with Gasteiger partial charge in [-0.15, -0.1) is 0 Å². The summed E-state index contributed by atoms with van der Waals surface area (Å²) in [6.07, 6.45) is 2.40. The van der Waals surface area contributed by atoms with Crippen molar-refractivity contribution >= 4 is 32.6 Å². The lowest BCUT2D eigenvalue weighted by atomic mass is 10.2. The first-order valence-corrected chi connectivity index (χ1v) is 11.4. The Balaban J connectivity index is 1.73. The number of hydrogen-bond donors (Lipinski definition) is 1. The van der Waals surface area contributed by atoms with Crippen LogP contribution >= 0.6 is 0 Å². The minimum absolute atomic E-state index is 0.264. The molecule has 0 amide bonds. The van der Waals surface area contributed by atoms with Crippen LogP contribution in [0.1, 0.15) is 18.5 Å². The third kappa shape index (κ3) is 2.94. The Kier molecular flexibility index (Phi) is 4.04. The number of ether oxygens (including phenoxy) is 1. The largest absolute Gasteiger partial charge is 0.378 e. The Labute approximate surface area is 168 Å². The number of benzene rings is 1. The van der Waals surface area contributed by atoms with Crippen LogP contribution in [0.3, 0.4) is 0 Å². The Morgan fingerprint density at radius 1 is 1.10 bits per heavy atom. The summed E-state index contributed by atoms with van der Waals surface area (Å²) < 4.78 is 31.3. The van der Waals surface area contributed by atoms with Crippen molar-refractivity contribution in [2.24, 2.45) is 0 Å². The maximum atomic E-state index is 12.5. The Morgan fingerprint density at radius 2 is 1.83 bits per heavy atom. The summed E-state index contributed by atoms with van der Waals surface area (Å²) in [5.74, 6) is 1.28. The van der Waals surface area contributed by atoms with Crippen LogP contribution in [0.15, 0.2) is 30.3 Å². The smallest absolute Gasteiger partial charge is 0.239 e. The van der Waals surface area contributed by atoms with E-state index in [1.807, 2.05) is 24.3 Å². The normalized spacial score (nSPS) is 18.9. The van der Waals surface area contributed by atoms with Gasteiger partial charge in [-0.2, -0.15) is 4.98 Å². The van der Waals surface area contributed by atoms with E-state index in [0.29, 0.717) is 56.6 Å². The fraction of sp³-hybridized carbons (Fsp3) is 0.421. The van der Waals surface area contributed by atoms with Crippen molar-refractivity contribution in [2.45, 2.75) is 17.6 Å². The fourth-order valence-electron chi connectivity index (χ4n) is 3.90. The molecule has 1 aliphatic heterocycles. The van der Waals surface area contributed by atoms with E-state index in [2.05, 4.69) is 14.9 Å². The number of para-hydroxylation sites is 2. The second-order valence-corrected chi connectivity index (χ2v) is 9.90. The number of morpholine rings is 1. The number of hydrogen-bond acceptors (Lipinski definition) is 8. The van der Waals surface area contributed by atoms with Crippen molar-refractivity contribution in [3.8, 4) is 5.95 Å². The van der Waals surface area contributed by atoms with Crippen molar-refractivity contribution in [3.63, 3.8) is 0 Å². The highest BCUT2D eigenvalue weighted by molar-refractivity contribution is 7.91. The number of fused-ring (bicyclic) bond motifs is 1. The minimum atomic E-state index is -3.32. The van der Waals surface area contributed by atoms with Crippen LogP contribution in [0, 0.1) is 0 Å². The standard InChI is InChI=1S/C19H22N6O3S/c1-29(26,27)19(6-7-19)15-12-16(24-8-10-28-11-9-24)23-18(22-15)25-14-5-3-2-4-13(14)21-17(25)20/h2-5,12H,6-11H2,1H3,(H2,20,21). The zero-order valence-electron chi connectivity index (χ0n) is 16.1. The van der Waals surface area contributed by atoms with E-state index in [9.17, 15) is 8.42 Å². The predicted octanol–water partition coefficient (Wildman–Crippen LogP) is 1.27. The van der Waals surface area contributed by atoms with Gasteiger partial charge in [-0.25, -0.2) is 23.0 Å². The lowest BCUT2D eigenvalue weighted by Crippen LogP contribution is -2.37. The van der Waals surface area contributed by atoms with Gasteiger partial charge in [-0.1, -0.05) is 12.1 Å². The van der Waals surface area contributed by atoms with E-state index in [0.717, 1.165) is 11.0 Å². The molecule has 0 unspecified atom stereocenters. The SMILES string of the molecule is CS(=O)(=O)C1(c2cc(N3CCOCC3)nc(-n3c(N)nc4ccccc43)n2)CC1. The van der Waals surface area contributed by atoms with Gasteiger partial charge < -0.3 is 15.4 Å². The molecule has 2 N–H and O–H groups in total. The molecule has 0 atom stereocenters. The second-order valence-electron chi connectivity index (χ2n) is 7.57. The van der Waals surface area contributed by atoms with Crippen LogP contribution < -0.4 is 10.6 Å². The molecule has 2 aliphatic rings. The minimum Gasteiger partial charge on any atom is -0.378 e. The fourth-order valence-corrected chi connectivity index (χ4v) is 5.22. The number of rotatable bonds is 4. The molecule has 2 fully saturated rings. The number of imidazole rings is 1. The van der Waals surface area contributed by atoms with Gasteiger partial charge in [0.2, 0.25) is 11.9 Å². The Morgan fingerprint density at radius 3 is 2.52 bits per heavy atom. The highest BCUT2D eigenvalue weighted by Gasteiger charge is 2.55. The molecule has 10 heteroatoms. The van der Waals surface area contributed by atoms with E-state index in [1.165, 1.54) is 6.26 Å². The van der Waals surface area contributed by atoms with E-state index in [4.69, 9.17) is 15.5 Å². The quantitative estimate of drug-likeness (QED) is 0.678. The number of aromatic nitrogens is 4. The van der Waals surface area contributed by atoms with Crippen LogP contribution in [-0.2, 0) is 19.3 Å². The summed E-state index contributed by atoms with van der Waals surface area (Å²) >= 11 is 0. The predicted molar refractivity (Wildman–Crippen MR) is 110 cm³/mol. The average molecular weight is 414 g/mol. The number of nitrogens with zero attached hydrogens (tertiary/aromatic N) is 5. The van der Waals surface area contributed by atoms with E-state index < -0.39 is 14.6 Å². The van der Waals surface area contributed by atoms with Gasteiger partial charge in [-0.05, 0) is 25.0 Å². The molecule has 152 valence electrons. The van der Waals surface area contributed by atoms with Gasteiger partial charge >= 0.3 is 0 Å². The number of anilines is 2. The summed E-state index contributed by atoms with van der Waals surface area (Å²) in [6, 6.07) is 9.35. The summed E-state index contributed by atoms with van der Waals surface area (Å²) in [5.41, 5.74) is 8.22. The van der Waals surface area contributed by atoms with E-state index >= 15 is 0 Å². The summed E-state index contributed by atoms with van der Waals surface area (Å²) in [5, 5.41) is 0. The molecule has 0 radical (unpaired) electrons. The van der Waals surface area contributed by atoms with Crippen LogP contribution in [0.5, 0.6) is 0 Å². The van der Waals surface area contributed by atoms with Crippen molar-refractivity contribution in [3.05, 3.63) is 36.0 Å². The van der Waals surface area contributed by atoms with Crippen molar-refractivity contribution in [1.82, 2.24) is 19.5 Å². The molecule has 3 aromatic rings. The van der Waals surface area contributed by atoms with Crippen LogP contribution in [-0.4, -0.2) is 60.5 Å². The van der Waals surface area contributed by atoms with Crippen molar-refractivity contribution in [2.75, 3.05) is 43.2 Å². The second kappa shape index (κ2) is 6.39. The zero-order chi connectivity index (χ0) is 20.2. The van der Waals surface area contributed by atoms with Gasteiger partial charge in [0.25, 0.3) is 0 Å². The van der Waals surface area contributed by atoms with Gasteiger partial charge in [0.15, 0.2) is 9.84 Å². The molecule has 1 saturated heterocycles. The van der Waals surface area contributed by atoms with Gasteiger partial charge in [0.1, 0.15) is 10.6 Å². The van der Waals surface area contributed by atoms with Crippen LogP contribution in [0.25, 0.3) is 17.0 Å². The van der Waals surface area contributed by atoms with Gasteiger partial charge in [-0.3, -0.25) is 0 Å². The summed E-state index contributed by atoms with van der Waals surface area (Å²) in [6.45, 7) is 2.56. The first-order chi connectivity index (χ1) is 13.9. The lowest BCUT2D eigenvalue weighted by Gasteiger charge is -2.29.